The summed E-state index contributed by atoms with van der Waals surface area (Å²) in [5.74, 6) is -0.750. The van der Waals surface area contributed by atoms with Crippen LogP contribution in [0.5, 0.6) is 0 Å². The molecule has 8 heteroatoms. The lowest BCUT2D eigenvalue weighted by Gasteiger charge is -2.13. The van der Waals surface area contributed by atoms with E-state index in [0.717, 1.165) is 0 Å². The summed E-state index contributed by atoms with van der Waals surface area (Å²) in [6.07, 6.45) is -0.295. The number of hydrogen-bond acceptors (Lipinski definition) is 4. The van der Waals surface area contributed by atoms with E-state index < -0.39 is 15.8 Å². The van der Waals surface area contributed by atoms with Crippen molar-refractivity contribution in [2.24, 2.45) is 0 Å². The Morgan fingerprint density at radius 3 is 2.65 bits per heavy atom. The van der Waals surface area contributed by atoms with Crippen LogP contribution >= 0.6 is 15.9 Å². The van der Waals surface area contributed by atoms with E-state index in [1.807, 2.05) is 0 Å². The predicted molar refractivity (Wildman–Crippen MR) is 78.5 cm³/mol. The van der Waals surface area contributed by atoms with Crippen LogP contribution in [0.3, 0.4) is 0 Å². The van der Waals surface area contributed by atoms with Crippen molar-refractivity contribution in [1.82, 2.24) is 10.0 Å². The first-order valence-corrected chi connectivity index (χ1v) is 8.24. The Bertz CT molecular complexity index is 566. The van der Waals surface area contributed by atoms with Gasteiger partial charge in [0.1, 0.15) is 10.7 Å². The zero-order valence-electron chi connectivity index (χ0n) is 11.5. The van der Waals surface area contributed by atoms with Gasteiger partial charge in [-0.3, -0.25) is 0 Å². The van der Waals surface area contributed by atoms with Gasteiger partial charge in [-0.25, -0.2) is 17.5 Å². The summed E-state index contributed by atoms with van der Waals surface area (Å²) < 4.78 is 46.3. The Morgan fingerprint density at radius 1 is 1.45 bits per heavy atom. The molecule has 0 aromatic heterocycles. The molecule has 0 aliphatic carbocycles. The van der Waals surface area contributed by atoms with Crippen molar-refractivity contribution >= 4 is 26.0 Å². The van der Waals surface area contributed by atoms with Gasteiger partial charge in [-0.1, -0.05) is 15.9 Å². The van der Waals surface area contributed by atoms with Gasteiger partial charge in [0.05, 0.1) is 6.10 Å². The Morgan fingerprint density at radius 2 is 2.10 bits per heavy atom. The lowest BCUT2D eigenvalue weighted by Crippen LogP contribution is -2.32. The van der Waals surface area contributed by atoms with Crippen LogP contribution in [-0.2, 0) is 21.3 Å². The van der Waals surface area contributed by atoms with Gasteiger partial charge in [-0.05, 0) is 26.1 Å². The van der Waals surface area contributed by atoms with Gasteiger partial charge < -0.3 is 10.1 Å². The van der Waals surface area contributed by atoms with Crippen molar-refractivity contribution in [3.8, 4) is 0 Å². The molecule has 0 bridgehead atoms. The number of nitrogens with one attached hydrogen (secondary N) is 2. The number of sulfonamides is 1. The number of hydrogen-bond donors (Lipinski definition) is 2. The molecular formula is C12H18BrFN2O3S. The van der Waals surface area contributed by atoms with E-state index >= 15 is 0 Å². The van der Waals surface area contributed by atoms with Crippen LogP contribution in [0.15, 0.2) is 21.5 Å². The second-order valence-corrected chi connectivity index (χ2v) is 6.96. The van der Waals surface area contributed by atoms with Gasteiger partial charge in [0.2, 0.25) is 10.0 Å². The monoisotopic (exact) mass is 368 g/mol. The SMILES string of the molecule is CNCc1cc(Br)cc(S(=O)(=O)NCC(C)OC)c1F. The van der Waals surface area contributed by atoms with Crippen molar-refractivity contribution in [2.45, 2.75) is 24.5 Å². The predicted octanol–water partition coefficient (Wildman–Crippen LogP) is 1.62. The first-order chi connectivity index (χ1) is 9.31. The Balaban J connectivity index is 3.11. The average Bonchev–Trinajstić information content (AvgIpc) is 2.40. The maximum atomic E-state index is 14.2. The van der Waals surface area contributed by atoms with Crippen LogP contribution in [0.4, 0.5) is 4.39 Å². The fourth-order valence-corrected chi connectivity index (χ4v) is 3.44. The van der Waals surface area contributed by atoms with Crippen LogP contribution in [-0.4, -0.2) is 35.2 Å². The maximum absolute atomic E-state index is 14.2. The molecule has 1 aromatic carbocycles. The summed E-state index contributed by atoms with van der Waals surface area (Å²) in [6, 6.07) is 2.79. The molecule has 0 aliphatic heterocycles. The zero-order valence-corrected chi connectivity index (χ0v) is 13.9. The Hall–Kier alpha value is -0.540. The van der Waals surface area contributed by atoms with Crippen molar-refractivity contribution in [1.29, 1.82) is 0 Å². The van der Waals surface area contributed by atoms with Crippen LogP contribution in [0.25, 0.3) is 0 Å². The molecule has 1 aromatic rings. The fourth-order valence-electron chi connectivity index (χ4n) is 1.52. The molecule has 114 valence electrons. The summed E-state index contributed by atoms with van der Waals surface area (Å²) in [6.45, 7) is 2.03. The second kappa shape index (κ2) is 7.46. The van der Waals surface area contributed by atoms with Gasteiger partial charge in [-0.2, -0.15) is 0 Å². The minimum Gasteiger partial charge on any atom is -0.380 e. The van der Waals surface area contributed by atoms with Gasteiger partial charge in [-0.15, -0.1) is 0 Å². The van der Waals surface area contributed by atoms with Crippen LogP contribution < -0.4 is 10.0 Å². The van der Waals surface area contributed by atoms with E-state index in [-0.39, 0.29) is 29.7 Å². The highest BCUT2D eigenvalue weighted by Gasteiger charge is 2.22. The minimum absolute atomic E-state index is 0.0755. The van der Waals surface area contributed by atoms with Gasteiger partial charge >= 0.3 is 0 Å². The molecule has 0 heterocycles. The number of halogens is 2. The van der Waals surface area contributed by atoms with Crippen molar-refractivity contribution < 1.29 is 17.5 Å². The highest BCUT2D eigenvalue weighted by molar-refractivity contribution is 9.10. The topological polar surface area (TPSA) is 67.4 Å². The van der Waals surface area contributed by atoms with Gasteiger partial charge in [0.25, 0.3) is 0 Å². The molecule has 1 rings (SSSR count). The Kier molecular flexibility index (Phi) is 6.53. The summed E-state index contributed by atoms with van der Waals surface area (Å²) in [4.78, 5) is -0.375. The van der Waals surface area contributed by atoms with Gasteiger partial charge in [0, 0.05) is 30.2 Å². The molecule has 0 spiro atoms. The molecule has 0 saturated heterocycles. The molecule has 2 N–H and O–H groups in total. The first-order valence-electron chi connectivity index (χ1n) is 5.96. The third kappa shape index (κ3) is 4.49. The molecule has 0 radical (unpaired) electrons. The van der Waals surface area contributed by atoms with E-state index in [0.29, 0.717) is 4.47 Å². The number of rotatable bonds is 7. The van der Waals surface area contributed by atoms with E-state index in [2.05, 4.69) is 26.0 Å². The smallest absolute Gasteiger partial charge is 0.243 e. The number of ether oxygens (including phenoxy) is 1. The van der Waals surface area contributed by atoms with E-state index in [1.165, 1.54) is 13.2 Å². The van der Waals surface area contributed by atoms with E-state index in [4.69, 9.17) is 4.74 Å². The second-order valence-electron chi connectivity index (χ2n) is 4.31. The zero-order chi connectivity index (χ0) is 15.3. The third-order valence-corrected chi connectivity index (χ3v) is 4.58. The molecule has 0 saturated carbocycles. The van der Waals surface area contributed by atoms with Crippen LogP contribution in [0.2, 0.25) is 0 Å². The van der Waals surface area contributed by atoms with Crippen LogP contribution in [0.1, 0.15) is 12.5 Å². The molecular weight excluding hydrogens is 351 g/mol. The highest BCUT2D eigenvalue weighted by atomic mass is 79.9. The lowest BCUT2D eigenvalue weighted by molar-refractivity contribution is 0.122. The molecule has 0 amide bonds. The quantitative estimate of drug-likeness (QED) is 0.767. The largest absolute Gasteiger partial charge is 0.380 e. The molecule has 0 aliphatic rings. The molecule has 20 heavy (non-hydrogen) atoms. The molecule has 1 atom stereocenters. The summed E-state index contributed by atoms with van der Waals surface area (Å²) in [7, 11) is -0.787. The van der Waals surface area contributed by atoms with Crippen LogP contribution in [0, 0.1) is 5.82 Å². The molecule has 5 nitrogen and oxygen atoms in total. The standard InChI is InChI=1S/C12H18BrFN2O3S/c1-8(19-3)6-16-20(17,18)11-5-10(13)4-9(7-15-2)12(11)14/h4-5,8,15-16H,6-7H2,1-3H3. The van der Waals surface area contributed by atoms with Crippen molar-refractivity contribution in [3.63, 3.8) is 0 Å². The normalized spacial score (nSPS) is 13.4. The maximum Gasteiger partial charge on any atom is 0.243 e. The summed E-state index contributed by atoms with van der Waals surface area (Å²) >= 11 is 3.19. The summed E-state index contributed by atoms with van der Waals surface area (Å²) in [5, 5.41) is 2.79. The first kappa shape index (κ1) is 17.5. The average molecular weight is 369 g/mol. The Labute approximate surface area is 127 Å². The third-order valence-electron chi connectivity index (χ3n) is 2.70. The summed E-state index contributed by atoms with van der Waals surface area (Å²) in [5.41, 5.74) is 0.280. The highest BCUT2D eigenvalue weighted by Crippen LogP contribution is 2.24. The fraction of sp³-hybridized carbons (Fsp3) is 0.500. The van der Waals surface area contributed by atoms with E-state index in [1.54, 1.807) is 20.0 Å². The lowest BCUT2D eigenvalue weighted by atomic mass is 10.2. The number of benzene rings is 1. The number of methoxy groups -OCH3 is 1. The van der Waals surface area contributed by atoms with Crippen molar-refractivity contribution in [2.75, 3.05) is 20.7 Å². The minimum atomic E-state index is -3.92. The van der Waals surface area contributed by atoms with Gasteiger partial charge in [0.15, 0.2) is 0 Å². The molecule has 0 fully saturated rings. The molecule has 1 unspecified atom stereocenters. The van der Waals surface area contributed by atoms with E-state index in [9.17, 15) is 12.8 Å². The van der Waals surface area contributed by atoms with Crippen molar-refractivity contribution in [3.05, 3.63) is 28.0 Å².